The summed E-state index contributed by atoms with van der Waals surface area (Å²) in [6.45, 7) is 4.88. The molecule has 0 aromatic rings. The van der Waals surface area contributed by atoms with Crippen molar-refractivity contribution >= 4 is 0 Å². The van der Waals surface area contributed by atoms with Gasteiger partial charge in [0.1, 0.15) is 0 Å². The van der Waals surface area contributed by atoms with Crippen LogP contribution in [0.5, 0.6) is 0 Å². The van der Waals surface area contributed by atoms with Crippen molar-refractivity contribution in [1.82, 2.24) is 10.2 Å². The van der Waals surface area contributed by atoms with Gasteiger partial charge in [0.25, 0.3) is 0 Å². The van der Waals surface area contributed by atoms with Gasteiger partial charge in [0.15, 0.2) is 0 Å². The van der Waals surface area contributed by atoms with Gasteiger partial charge in [0, 0.05) is 18.6 Å². The van der Waals surface area contributed by atoms with Crippen molar-refractivity contribution in [2.75, 3.05) is 20.1 Å². The van der Waals surface area contributed by atoms with Crippen LogP contribution in [0.4, 0.5) is 0 Å². The number of nitrogens with one attached hydrogen (secondary N) is 1. The van der Waals surface area contributed by atoms with E-state index in [1.165, 1.54) is 45.2 Å². The lowest BCUT2D eigenvalue weighted by molar-refractivity contribution is 0.155. The van der Waals surface area contributed by atoms with Gasteiger partial charge in [-0.3, -0.25) is 0 Å². The molecular weight excluding hydrogens is 172 g/mol. The number of nitrogens with zero attached hydrogens (tertiary/aromatic N) is 1. The average Bonchev–Trinajstić information content (AvgIpc) is 2.19. The Hall–Kier alpha value is -0.0800. The maximum atomic E-state index is 3.73. The third-order valence-electron chi connectivity index (χ3n) is 4.16. The van der Waals surface area contributed by atoms with Gasteiger partial charge < -0.3 is 10.2 Å². The Morgan fingerprint density at radius 1 is 1.21 bits per heavy atom. The summed E-state index contributed by atoms with van der Waals surface area (Å²) in [5.74, 6) is 0.920. The number of likely N-dealkylation sites (N-methyl/N-ethyl adjacent to an activating group) is 1. The average molecular weight is 196 g/mol. The molecule has 1 aliphatic carbocycles. The van der Waals surface area contributed by atoms with Crippen molar-refractivity contribution in [3.8, 4) is 0 Å². The van der Waals surface area contributed by atoms with E-state index in [1.54, 1.807) is 0 Å². The van der Waals surface area contributed by atoms with Gasteiger partial charge in [-0.25, -0.2) is 0 Å². The van der Waals surface area contributed by atoms with Crippen molar-refractivity contribution in [2.45, 2.75) is 51.1 Å². The highest BCUT2D eigenvalue weighted by atomic mass is 15.2. The quantitative estimate of drug-likeness (QED) is 0.741. The molecule has 1 N–H and O–H groups in total. The van der Waals surface area contributed by atoms with Crippen LogP contribution in [0.3, 0.4) is 0 Å². The van der Waals surface area contributed by atoms with Gasteiger partial charge >= 0.3 is 0 Å². The van der Waals surface area contributed by atoms with E-state index in [-0.39, 0.29) is 0 Å². The van der Waals surface area contributed by atoms with Crippen LogP contribution >= 0.6 is 0 Å². The second-order valence-corrected chi connectivity index (χ2v) is 5.20. The van der Waals surface area contributed by atoms with Crippen molar-refractivity contribution in [1.29, 1.82) is 0 Å². The molecule has 0 spiro atoms. The summed E-state index contributed by atoms with van der Waals surface area (Å²) < 4.78 is 0. The largest absolute Gasteiger partial charge is 0.312 e. The van der Waals surface area contributed by atoms with E-state index in [9.17, 15) is 0 Å². The topological polar surface area (TPSA) is 15.3 Å². The monoisotopic (exact) mass is 196 g/mol. The Kier molecular flexibility index (Phi) is 3.45. The smallest absolute Gasteiger partial charge is 0.0217 e. The zero-order valence-electron chi connectivity index (χ0n) is 9.63. The Balaban J connectivity index is 1.68. The van der Waals surface area contributed by atoms with Crippen LogP contribution < -0.4 is 5.32 Å². The number of piperidine rings is 1. The lowest BCUT2D eigenvalue weighted by Crippen LogP contribution is -2.50. The van der Waals surface area contributed by atoms with Crippen LogP contribution in [0.25, 0.3) is 0 Å². The van der Waals surface area contributed by atoms with E-state index in [2.05, 4.69) is 24.2 Å². The first-order valence-corrected chi connectivity index (χ1v) is 6.21. The van der Waals surface area contributed by atoms with E-state index in [1.807, 2.05) is 0 Å². The Morgan fingerprint density at radius 3 is 2.64 bits per heavy atom. The van der Waals surface area contributed by atoms with Crippen LogP contribution in [0.15, 0.2) is 0 Å². The van der Waals surface area contributed by atoms with Crippen LogP contribution in [0, 0.1) is 5.92 Å². The van der Waals surface area contributed by atoms with Crippen LogP contribution in [-0.4, -0.2) is 37.1 Å². The third-order valence-corrected chi connectivity index (χ3v) is 4.16. The van der Waals surface area contributed by atoms with Crippen molar-refractivity contribution in [3.63, 3.8) is 0 Å². The number of likely N-dealkylation sites (tertiary alicyclic amines) is 1. The molecule has 82 valence electrons. The molecule has 3 atom stereocenters. The molecule has 2 fully saturated rings. The molecule has 14 heavy (non-hydrogen) atoms. The molecule has 1 saturated carbocycles. The molecule has 2 rings (SSSR count). The molecule has 1 heterocycles. The normalized spacial score (nSPS) is 39.4. The first-order chi connectivity index (χ1) is 6.77. The molecule has 0 aromatic carbocycles. The van der Waals surface area contributed by atoms with Crippen molar-refractivity contribution in [2.24, 2.45) is 5.92 Å². The highest BCUT2D eigenvalue weighted by Gasteiger charge is 2.27. The lowest BCUT2D eigenvalue weighted by Gasteiger charge is -2.38. The second kappa shape index (κ2) is 4.63. The van der Waals surface area contributed by atoms with E-state index >= 15 is 0 Å². The van der Waals surface area contributed by atoms with E-state index < -0.39 is 0 Å². The van der Waals surface area contributed by atoms with E-state index in [0.717, 1.165) is 18.0 Å². The molecule has 2 heteroatoms. The zero-order chi connectivity index (χ0) is 9.97. The molecule has 0 aromatic heterocycles. The lowest BCUT2D eigenvalue weighted by atomic mass is 9.81. The highest BCUT2D eigenvalue weighted by molar-refractivity contribution is 4.86. The van der Waals surface area contributed by atoms with E-state index in [4.69, 9.17) is 0 Å². The minimum absolute atomic E-state index is 0.802. The van der Waals surface area contributed by atoms with Gasteiger partial charge in [0.2, 0.25) is 0 Å². The Labute approximate surface area is 88.1 Å². The SMILES string of the molecule is CC1CCC1NCC1CCCCN1C. The molecular formula is C12H24N2. The standard InChI is InChI=1S/C12H24N2/c1-10-6-7-12(10)13-9-11-5-3-4-8-14(11)2/h10-13H,3-9H2,1-2H3. The molecule has 2 aliphatic rings. The molecule has 0 radical (unpaired) electrons. The fourth-order valence-corrected chi connectivity index (χ4v) is 2.66. The second-order valence-electron chi connectivity index (χ2n) is 5.20. The summed E-state index contributed by atoms with van der Waals surface area (Å²) in [7, 11) is 2.27. The number of rotatable bonds is 3. The maximum absolute atomic E-state index is 3.73. The fraction of sp³-hybridized carbons (Fsp3) is 1.00. The molecule has 2 nitrogen and oxygen atoms in total. The minimum atomic E-state index is 0.802. The summed E-state index contributed by atoms with van der Waals surface area (Å²) in [5, 5.41) is 3.73. The van der Waals surface area contributed by atoms with Crippen molar-refractivity contribution in [3.05, 3.63) is 0 Å². The first kappa shape index (κ1) is 10.4. The van der Waals surface area contributed by atoms with Crippen LogP contribution in [0.1, 0.15) is 39.0 Å². The molecule has 1 aliphatic heterocycles. The highest BCUT2D eigenvalue weighted by Crippen LogP contribution is 2.26. The summed E-state index contributed by atoms with van der Waals surface area (Å²) in [6, 6.07) is 1.63. The molecule has 0 amide bonds. The van der Waals surface area contributed by atoms with Crippen LogP contribution in [-0.2, 0) is 0 Å². The fourth-order valence-electron chi connectivity index (χ4n) is 2.66. The summed E-state index contributed by atoms with van der Waals surface area (Å²) >= 11 is 0. The van der Waals surface area contributed by atoms with E-state index in [0.29, 0.717) is 0 Å². The van der Waals surface area contributed by atoms with Gasteiger partial charge in [-0.05, 0) is 45.2 Å². The summed E-state index contributed by atoms with van der Waals surface area (Å²) in [6.07, 6.45) is 7.05. The predicted octanol–water partition coefficient (Wildman–Crippen LogP) is 1.86. The first-order valence-electron chi connectivity index (χ1n) is 6.21. The predicted molar refractivity (Wildman–Crippen MR) is 60.5 cm³/mol. The molecule has 0 bridgehead atoms. The summed E-state index contributed by atoms with van der Waals surface area (Å²) in [4.78, 5) is 2.53. The van der Waals surface area contributed by atoms with Gasteiger partial charge in [-0.1, -0.05) is 13.3 Å². The molecule has 3 unspecified atom stereocenters. The van der Waals surface area contributed by atoms with Gasteiger partial charge in [-0.15, -0.1) is 0 Å². The maximum Gasteiger partial charge on any atom is 0.0217 e. The number of hydrogen-bond acceptors (Lipinski definition) is 2. The summed E-state index contributed by atoms with van der Waals surface area (Å²) in [5.41, 5.74) is 0. The van der Waals surface area contributed by atoms with Crippen LogP contribution in [0.2, 0.25) is 0 Å². The van der Waals surface area contributed by atoms with Gasteiger partial charge in [0.05, 0.1) is 0 Å². The zero-order valence-corrected chi connectivity index (χ0v) is 9.63. The third kappa shape index (κ3) is 2.29. The Morgan fingerprint density at radius 2 is 2.07 bits per heavy atom. The molecule has 1 saturated heterocycles. The number of hydrogen-bond donors (Lipinski definition) is 1. The Bertz CT molecular complexity index is 181. The van der Waals surface area contributed by atoms with Gasteiger partial charge in [-0.2, -0.15) is 0 Å². The van der Waals surface area contributed by atoms with Crippen molar-refractivity contribution < 1.29 is 0 Å². The minimum Gasteiger partial charge on any atom is -0.312 e.